The van der Waals surface area contributed by atoms with Crippen molar-refractivity contribution >= 4 is 11.8 Å². The molecule has 2 aliphatic heterocycles. The molecule has 4 rings (SSSR count). The van der Waals surface area contributed by atoms with Crippen LogP contribution in [0.15, 0.2) is 42.5 Å². The van der Waals surface area contributed by atoms with Gasteiger partial charge in [0.2, 0.25) is 5.91 Å². The molecule has 2 unspecified atom stereocenters. The van der Waals surface area contributed by atoms with Gasteiger partial charge >= 0.3 is 0 Å². The lowest BCUT2D eigenvalue weighted by Crippen LogP contribution is -2.46. The Hall–Kier alpha value is -3.02. The van der Waals surface area contributed by atoms with E-state index in [4.69, 9.17) is 9.47 Å². The first-order valence-electron chi connectivity index (χ1n) is 11.4. The Labute approximate surface area is 189 Å². The van der Waals surface area contributed by atoms with Crippen molar-refractivity contribution in [3.8, 4) is 11.5 Å². The zero-order valence-corrected chi connectivity index (χ0v) is 19.3. The summed E-state index contributed by atoms with van der Waals surface area (Å²) in [4.78, 5) is 27.8. The maximum Gasteiger partial charge on any atom is 0.251 e. The van der Waals surface area contributed by atoms with Gasteiger partial charge in [0.25, 0.3) is 5.91 Å². The van der Waals surface area contributed by atoms with Gasteiger partial charge in [-0.25, -0.2) is 0 Å². The summed E-state index contributed by atoms with van der Waals surface area (Å²) in [6.45, 7) is 9.92. The molecule has 0 spiro atoms. The zero-order valence-electron chi connectivity index (χ0n) is 19.3. The lowest BCUT2D eigenvalue weighted by molar-refractivity contribution is -0.133. The van der Waals surface area contributed by atoms with E-state index in [2.05, 4.69) is 26.1 Å². The number of carbonyl (C=O) groups excluding carboxylic acids is 2. The molecule has 1 N–H and O–H groups in total. The maximum absolute atomic E-state index is 13.2. The summed E-state index contributed by atoms with van der Waals surface area (Å²) in [5.41, 5.74) is 2.79. The van der Waals surface area contributed by atoms with Crippen LogP contribution < -0.4 is 14.8 Å². The molecule has 2 atom stereocenters. The summed E-state index contributed by atoms with van der Waals surface area (Å²) in [7, 11) is 0. The molecule has 6 nitrogen and oxygen atoms in total. The van der Waals surface area contributed by atoms with Gasteiger partial charge < -0.3 is 19.7 Å². The molecule has 32 heavy (non-hydrogen) atoms. The van der Waals surface area contributed by atoms with Crippen LogP contribution in [0, 0.1) is 0 Å². The van der Waals surface area contributed by atoms with E-state index in [0.717, 1.165) is 35.5 Å². The Balaban J connectivity index is 1.43. The van der Waals surface area contributed by atoms with Gasteiger partial charge in [0.1, 0.15) is 19.3 Å². The van der Waals surface area contributed by atoms with Crippen LogP contribution in [0.2, 0.25) is 0 Å². The van der Waals surface area contributed by atoms with Crippen molar-refractivity contribution in [2.24, 2.45) is 0 Å². The van der Waals surface area contributed by atoms with Gasteiger partial charge in [0, 0.05) is 12.1 Å². The predicted molar refractivity (Wildman–Crippen MR) is 123 cm³/mol. The summed E-state index contributed by atoms with van der Waals surface area (Å²) < 4.78 is 11.3. The lowest BCUT2D eigenvalue weighted by Gasteiger charge is -2.29. The van der Waals surface area contributed by atoms with Crippen LogP contribution in [0.3, 0.4) is 0 Å². The summed E-state index contributed by atoms with van der Waals surface area (Å²) >= 11 is 0. The van der Waals surface area contributed by atoms with Crippen molar-refractivity contribution in [1.29, 1.82) is 0 Å². The Morgan fingerprint density at radius 1 is 1.03 bits per heavy atom. The summed E-state index contributed by atoms with van der Waals surface area (Å²) in [6.07, 6.45) is 1.82. The maximum atomic E-state index is 13.2. The van der Waals surface area contributed by atoms with Gasteiger partial charge in [-0.1, -0.05) is 39.0 Å². The monoisotopic (exact) mass is 436 g/mol. The molecule has 2 amide bonds. The van der Waals surface area contributed by atoms with Crippen molar-refractivity contribution in [3.63, 3.8) is 0 Å². The van der Waals surface area contributed by atoms with Gasteiger partial charge in [-0.05, 0) is 60.6 Å². The Morgan fingerprint density at radius 3 is 2.41 bits per heavy atom. The minimum Gasteiger partial charge on any atom is -0.486 e. The van der Waals surface area contributed by atoms with Crippen molar-refractivity contribution in [2.75, 3.05) is 19.8 Å². The highest BCUT2D eigenvalue weighted by molar-refractivity contribution is 5.97. The number of nitrogens with one attached hydrogen (secondary N) is 1. The minimum atomic E-state index is -0.609. The van der Waals surface area contributed by atoms with Crippen LogP contribution in [-0.4, -0.2) is 42.5 Å². The van der Waals surface area contributed by atoms with Gasteiger partial charge in [0.15, 0.2) is 11.5 Å². The van der Waals surface area contributed by atoms with E-state index in [1.165, 1.54) is 0 Å². The third-order valence-corrected chi connectivity index (χ3v) is 6.22. The van der Waals surface area contributed by atoms with Gasteiger partial charge in [0.05, 0.1) is 6.04 Å². The standard InChI is InChI=1S/C26H32N2O4/c1-17(27-24(29)18-7-10-20(11-8-18)26(2,3)4)25(30)28-13-5-6-21(28)19-9-12-22-23(16-19)32-15-14-31-22/h7-12,16-17,21H,5-6,13-15H2,1-4H3,(H,27,29). The first-order valence-corrected chi connectivity index (χ1v) is 11.4. The molecule has 0 saturated carbocycles. The molecular weight excluding hydrogens is 404 g/mol. The fourth-order valence-electron chi connectivity index (χ4n) is 4.36. The third kappa shape index (κ3) is 4.59. The number of ether oxygens (including phenoxy) is 2. The number of rotatable bonds is 4. The number of nitrogens with zero attached hydrogens (tertiary/aromatic N) is 1. The molecule has 2 aromatic carbocycles. The smallest absolute Gasteiger partial charge is 0.251 e. The minimum absolute atomic E-state index is 0.0243. The van der Waals surface area contributed by atoms with E-state index in [1.54, 1.807) is 6.92 Å². The predicted octanol–water partition coefficient (Wildman–Crippen LogP) is 4.24. The highest BCUT2D eigenvalue weighted by Gasteiger charge is 2.33. The molecule has 0 aromatic heterocycles. The molecule has 0 bridgehead atoms. The van der Waals surface area contributed by atoms with E-state index >= 15 is 0 Å². The number of likely N-dealkylation sites (tertiary alicyclic amines) is 1. The lowest BCUT2D eigenvalue weighted by atomic mass is 9.86. The van der Waals surface area contributed by atoms with Crippen LogP contribution in [0.1, 0.15) is 68.1 Å². The number of hydrogen-bond donors (Lipinski definition) is 1. The van der Waals surface area contributed by atoms with Gasteiger partial charge in [-0.3, -0.25) is 9.59 Å². The first-order chi connectivity index (χ1) is 15.2. The van der Waals surface area contributed by atoms with Gasteiger partial charge in [-0.15, -0.1) is 0 Å². The molecule has 2 heterocycles. The summed E-state index contributed by atoms with van der Waals surface area (Å²) in [6, 6.07) is 12.8. The summed E-state index contributed by atoms with van der Waals surface area (Å²) in [5, 5.41) is 2.88. The average molecular weight is 437 g/mol. The molecule has 0 aliphatic carbocycles. The molecule has 2 aliphatic rings. The van der Waals surface area contributed by atoms with E-state index in [0.29, 0.717) is 25.3 Å². The second-order valence-corrected chi connectivity index (χ2v) is 9.62. The third-order valence-electron chi connectivity index (χ3n) is 6.22. The van der Waals surface area contributed by atoms with E-state index in [1.807, 2.05) is 47.4 Å². The van der Waals surface area contributed by atoms with Crippen LogP contribution in [0.4, 0.5) is 0 Å². The molecule has 1 saturated heterocycles. The summed E-state index contributed by atoms with van der Waals surface area (Å²) in [5.74, 6) is 1.17. The molecule has 170 valence electrons. The van der Waals surface area contributed by atoms with E-state index in [9.17, 15) is 9.59 Å². The highest BCUT2D eigenvalue weighted by Crippen LogP contribution is 2.38. The number of amides is 2. The Morgan fingerprint density at radius 2 is 1.72 bits per heavy atom. The largest absolute Gasteiger partial charge is 0.486 e. The average Bonchev–Trinajstić information content (AvgIpc) is 3.27. The first kappa shape index (κ1) is 22.2. The topological polar surface area (TPSA) is 67.9 Å². The second kappa shape index (κ2) is 8.85. The highest BCUT2D eigenvalue weighted by atomic mass is 16.6. The number of carbonyl (C=O) groups is 2. The fraction of sp³-hybridized carbons (Fsp3) is 0.462. The van der Waals surface area contributed by atoms with E-state index in [-0.39, 0.29) is 23.3 Å². The quantitative estimate of drug-likeness (QED) is 0.779. The normalized spacial score (nSPS) is 18.9. The molecule has 0 radical (unpaired) electrons. The Kier molecular flexibility index (Phi) is 6.13. The van der Waals surface area contributed by atoms with Crippen LogP contribution in [-0.2, 0) is 10.2 Å². The van der Waals surface area contributed by atoms with Crippen molar-refractivity contribution in [2.45, 2.75) is 58.0 Å². The van der Waals surface area contributed by atoms with Crippen molar-refractivity contribution in [1.82, 2.24) is 10.2 Å². The molecule has 1 fully saturated rings. The number of fused-ring (bicyclic) bond motifs is 1. The molecule has 6 heteroatoms. The molecular formula is C26H32N2O4. The van der Waals surface area contributed by atoms with Crippen molar-refractivity contribution < 1.29 is 19.1 Å². The Bertz CT molecular complexity index is 994. The van der Waals surface area contributed by atoms with Gasteiger partial charge in [-0.2, -0.15) is 0 Å². The number of hydrogen-bond acceptors (Lipinski definition) is 4. The number of benzene rings is 2. The van der Waals surface area contributed by atoms with Crippen LogP contribution in [0.5, 0.6) is 11.5 Å². The zero-order chi connectivity index (χ0) is 22.9. The van der Waals surface area contributed by atoms with Crippen LogP contribution in [0.25, 0.3) is 0 Å². The van der Waals surface area contributed by atoms with Crippen molar-refractivity contribution in [3.05, 3.63) is 59.2 Å². The molecule has 2 aromatic rings. The van der Waals surface area contributed by atoms with E-state index < -0.39 is 6.04 Å². The second-order valence-electron chi connectivity index (χ2n) is 9.62. The van der Waals surface area contributed by atoms with Crippen LogP contribution >= 0.6 is 0 Å². The fourth-order valence-corrected chi connectivity index (χ4v) is 4.36. The SMILES string of the molecule is CC(NC(=O)c1ccc(C(C)(C)C)cc1)C(=O)N1CCCC1c1ccc2c(c1)OCCO2.